The number of hydrogen-bond donors (Lipinski definition) is 1. The smallest absolute Gasteiger partial charge is 0.325 e. The molecule has 1 aliphatic heterocycles. The molecule has 1 saturated heterocycles. The highest BCUT2D eigenvalue weighted by Gasteiger charge is 2.33. The van der Waals surface area contributed by atoms with E-state index >= 15 is 0 Å². The number of amides is 3. The Morgan fingerprint density at radius 2 is 1.58 bits per heavy atom. The minimum absolute atomic E-state index is 0.0290. The third kappa shape index (κ3) is 3.67. The van der Waals surface area contributed by atoms with E-state index in [1.54, 1.807) is 42.1 Å². The lowest BCUT2D eigenvalue weighted by molar-refractivity contribution is -0.708. The fourth-order valence-electron chi connectivity index (χ4n) is 3.70. The quantitative estimate of drug-likeness (QED) is 0.378. The topological polar surface area (TPSA) is 114 Å². The van der Waals surface area contributed by atoms with Crippen LogP contribution in [-0.4, -0.2) is 38.8 Å². The minimum Gasteiger partial charge on any atom is -0.325 e. The summed E-state index contributed by atoms with van der Waals surface area (Å²) in [5.74, 6) is -2.23. The molecule has 5 rings (SSSR count). The molecule has 0 spiro atoms. The van der Waals surface area contributed by atoms with Crippen molar-refractivity contribution >= 4 is 45.5 Å². The average Bonchev–Trinajstić information content (AvgIpc) is 3.31. The predicted molar refractivity (Wildman–Crippen MR) is 115 cm³/mol. The average molecular weight is 444 g/mol. The number of rotatable bonds is 4. The number of aryl methyl sites for hydroxylation is 1. The number of nitrogens with one attached hydrogen (secondary N) is 1. The normalized spacial score (nSPS) is 13.7. The number of carbonyl (C=O) groups excluding carboxylic acids is 4. The van der Waals surface area contributed by atoms with Gasteiger partial charge < -0.3 is 4.84 Å². The second-order valence-electron chi connectivity index (χ2n) is 7.59. The van der Waals surface area contributed by atoms with Gasteiger partial charge in [-0.1, -0.05) is 24.3 Å². The lowest BCUT2D eigenvalue weighted by Gasteiger charge is -2.12. The molecule has 0 saturated carbocycles. The fourth-order valence-corrected chi connectivity index (χ4v) is 3.70. The Morgan fingerprint density at radius 3 is 2.30 bits per heavy atom. The number of para-hydroxylation sites is 2. The molecule has 0 unspecified atom stereocenters. The van der Waals surface area contributed by atoms with E-state index in [9.17, 15) is 19.2 Å². The Bertz CT molecular complexity index is 1460. The molecule has 1 N–H and O–H groups in total. The number of fused-ring (bicyclic) bond motifs is 2. The molecule has 0 atom stereocenters. The number of carbonyl (C=O) groups is 4. The summed E-state index contributed by atoms with van der Waals surface area (Å²) in [6.45, 7) is 0. The van der Waals surface area contributed by atoms with Crippen molar-refractivity contribution in [2.75, 3.05) is 5.43 Å². The van der Waals surface area contributed by atoms with E-state index in [4.69, 9.17) is 4.84 Å². The van der Waals surface area contributed by atoms with Gasteiger partial charge in [0.05, 0.1) is 5.56 Å². The number of hydrogen-bond acceptors (Lipinski definition) is 6. The Morgan fingerprint density at radius 1 is 0.939 bits per heavy atom. The number of nitrogens with zero attached hydrogens (tertiary/aromatic N) is 4. The van der Waals surface area contributed by atoms with E-state index in [1.165, 1.54) is 10.9 Å². The van der Waals surface area contributed by atoms with Gasteiger partial charge in [0.15, 0.2) is 0 Å². The van der Waals surface area contributed by atoms with E-state index < -0.39 is 17.8 Å². The van der Waals surface area contributed by atoms with Gasteiger partial charge in [0, 0.05) is 18.4 Å². The molecule has 2 heterocycles. The lowest BCUT2D eigenvalue weighted by Crippen LogP contribution is -2.34. The Labute approximate surface area is 186 Å². The molecule has 1 aromatic heterocycles. The van der Waals surface area contributed by atoms with Crippen LogP contribution in [0, 0.1) is 0 Å². The first-order chi connectivity index (χ1) is 15.9. The van der Waals surface area contributed by atoms with Crippen molar-refractivity contribution in [1.29, 1.82) is 0 Å². The maximum atomic E-state index is 12.8. The van der Waals surface area contributed by atoms with Crippen LogP contribution < -0.4 is 10.1 Å². The van der Waals surface area contributed by atoms with Gasteiger partial charge in [-0.3, -0.25) is 14.4 Å². The predicted octanol–water partition coefficient (Wildman–Crippen LogP) is 1.62. The third-order valence-electron chi connectivity index (χ3n) is 5.41. The van der Waals surface area contributed by atoms with E-state index in [-0.39, 0.29) is 24.3 Å². The first kappa shape index (κ1) is 20.3. The van der Waals surface area contributed by atoms with Gasteiger partial charge >= 0.3 is 5.97 Å². The van der Waals surface area contributed by atoms with Crippen LogP contribution in [0.4, 0.5) is 0 Å². The summed E-state index contributed by atoms with van der Waals surface area (Å²) >= 11 is 0. The van der Waals surface area contributed by atoms with Gasteiger partial charge in [0.2, 0.25) is 11.0 Å². The fraction of sp³-hybridized carbons (Fsp3) is 0.130. The second-order valence-corrected chi connectivity index (χ2v) is 7.59. The van der Waals surface area contributed by atoms with Gasteiger partial charge in [-0.05, 0) is 52.0 Å². The maximum Gasteiger partial charge on any atom is 0.363 e. The molecule has 0 radical (unpaired) electrons. The van der Waals surface area contributed by atoms with Crippen LogP contribution in [0.2, 0.25) is 0 Å². The molecular weight excluding hydrogens is 426 g/mol. The zero-order valence-corrected chi connectivity index (χ0v) is 17.5. The second kappa shape index (κ2) is 7.83. The molecule has 4 aromatic rings. The number of imide groups is 1. The summed E-state index contributed by atoms with van der Waals surface area (Å²) in [6.07, 6.45) is 0.0580. The molecule has 1 fully saturated rings. The zero-order chi connectivity index (χ0) is 23.1. The molecule has 3 aromatic carbocycles. The van der Waals surface area contributed by atoms with E-state index in [1.807, 2.05) is 24.3 Å². The molecule has 164 valence electrons. The standard InChI is InChI=1S/C23H17N5O5/c1-26-18-4-2-3-5-19(18)28(25-26)24-22(31)16-8-6-15-13-17(9-7-14(15)12-16)23(32)33-27-20(29)10-11-21(27)30/h2-9,12-13H,10-11H2,1H3/p+1. The van der Waals surface area contributed by atoms with Gasteiger partial charge in [-0.15, -0.1) is 9.75 Å². The Kier molecular flexibility index (Phi) is 4.82. The van der Waals surface area contributed by atoms with Crippen molar-refractivity contribution in [3.05, 3.63) is 71.8 Å². The zero-order valence-electron chi connectivity index (χ0n) is 17.5. The van der Waals surface area contributed by atoms with Gasteiger partial charge in [0.1, 0.15) is 12.3 Å². The largest absolute Gasteiger partial charge is 0.363 e. The van der Waals surface area contributed by atoms with Crippen LogP contribution in [0.15, 0.2) is 60.7 Å². The molecule has 3 amide bonds. The van der Waals surface area contributed by atoms with Crippen LogP contribution in [0.5, 0.6) is 0 Å². The number of aromatic nitrogens is 3. The highest BCUT2D eigenvalue weighted by atomic mass is 16.7. The van der Waals surface area contributed by atoms with E-state index in [0.29, 0.717) is 16.0 Å². The highest BCUT2D eigenvalue weighted by molar-refractivity contribution is 6.05. The van der Waals surface area contributed by atoms with Crippen molar-refractivity contribution < 1.29 is 28.7 Å². The van der Waals surface area contributed by atoms with Crippen LogP contribution in [0.3, 0.4) is 0 Å². The van der Waals surface area contributed by atoms with Crippen LogP contribution in [-0.2, 0) is 21.5 Å². The molecular formula is C23H18N5O5+. The summed E-state index contributed by atoms with van der Waals surface area (Å²) in [7, 11) is 1.79. The van der Waals surface area contributed by atoms with Crippen LogP contribution in [0.25, 0.3) is 21.8 Å². The summed E-state index contributed by atoms with van der Waals surface area (Å²) in [4.78, 5) is 54.9. The molecule has 0 bridgehead atoms. The van der Waals surface area contributed by atoms with Crippen LogP contribution >= 0.6 is 0 Å². The number of benzene rings is 3. The molecule has 1 aliphatic rings. The third-order valence-corrected chi connectivity index (χ3v) is 5.41. The monoisotopic (exact) mass is 444 g/mol. The van der Waals surface area contributed by atoms with Crippen molar-refractivity contribution in [2.45, 2.75) is 12.8 Å². The van der Waals surface area contributed by atoms with Gasteiger partial charge in [-0.2, -0.15) is 5.43 Å². The Hall–Kier alpha value is -4.60. The number of hydroxylamine groups is 2. The summed E-state index contributed by atoms with van der Waals surface area (Å²) in [5, 5.41) is 6.23. The van der Waals surface area contributed by atoms with E-state index in [2.05, 4.69) is 10.6 Å². The molecule has 10 nitrogen and oxygen atoms in total. The summed E-state index contributed by atoms with van der Waals surface area (Å²) in [6, 6.07) is 17.3. The van der Waals surface area contributed by atoms with E-state index in [0.717, 1.165) is 16.4 Å². The maximum absolute atomic E-state index is 12.8. The summed E-state index contributed by atoms with van der Waals surface area (Å²) < 4.78 is 1.67. The SMILES string of the molecule is C[n+]1nn(NC(=O)c2ccc3cc(C(=O)ON4C(=O)CCC4=O)ccc3c2)c2ccccc21. The first-order valence-electron chi connectivity index (χ1n) is 10.2. The molecule has 0 aliphatic carbocycles. The Balaban J connectivity index is 1.36. The van der Waals surface area contributed by atoms with Crippen LogP contribution in [0.1, 0.15) is 33.6 Å². The van der Waals surface area contributed by atoms with Gasteiger partial charge in [0.25, 0.3) is 17.7 Å². The van der Waals surface area contributed by atoms with Gasteiger partial charge in [-0.25, -0.2) is 4.79 Å². The minimum atomic E-state index is -0.805. The summed E-state index contributed by atoms with van der Waals surface area (Å²) in [5.41, 5.74) is 4.99. The lowest BCUT2D eigenvalue weighted by atomic mass is 10.0. The molecule has 10 heteroatoms. The van der Waals surface area contributed by atoms with Crippen molar-refractivity contribution in [3.8, 4) is 0 Å². The molecule has 33 heavy (non-hydrogen) atoms. The highest BCUT2D eigenvalue weighted by Crippen LogP contribution is 2.20. The first-order valence-corrected chi connectivity index (χ1v) is 10.2. The van der Waals surface area contributed by atoms with Crippen molar-refractivity contribution in [2.24, 2.45) is 7.05 Å². The van der Waals surface area contributed by atoms with Crippen molar-refractivity contribution in [1.82, 2.24) is 15.1 Å². The van der Waals surface area contributed by atoms with Crippen molar-refractivity contribution in [3.63, 3.8) is 0 Å².